The zero-order valence-corrected chi connectivity index (χ0v) is 9.77. The van der Waals surface area contributed by atoms with E-state index in [4.69, 9.17) is 5.73 Å². The Labute approximate surface area is 98.8 Å². The number of hydrogen-bond donors (Lipinski definition) is 1. The number of hydrogen-bond acceptors (Lipinski definition) is 1. The van der Waals surface area contributed by atoms with E-state index in [1.165, 1.54) is 6.07 Å². The van der Waals surface area contributed by atoms with Gasteiger partial charge in [0.2, 0.25) is 0 Å². The van der Waals surface area contributed by atoms with Gasteiger partial charge in [0.25, 0.3) is 0 Å². The molecule has 1 aromatic rings. The zero-order valence-electron chi connectivity index (χ0n) is 9.77. The molecule has 0 radical (unpaired) electrons. The van der Waals surface area contributed by atoms with E-state index in [2.05, 4.69) is 6.92 Å². The molecule has 4 heteroatoms. The quantitative estimate of drug-likeness (QED) is 0.751. The monoisotopic (exact) mass is 243 g/mol. The molecule has 1 nitrogen and oxygen atoms in total. The molecule has 0 unspecified atom stereocenters. The normalized spacial score (nSPS) is 29.4. The lowest BCUT2D eigenvalue weighted by atomic mass is 9.74. The van der Waals surface area contributed by atoms with Crippen molar-refractivity contribution >= 4 is 0 Å². The van der Waals surface area contributed by atoms with Gasteiger partial charge >= 0.3 is 0 Å². The predicted octanol–water partition coefficient (Wildman–Crippen LogP) is 3.47. The van der Waals surface area contributed by atoms with Gasteiger partial charge in [0.15, 0.2) is 17.5 Å². The van der Waals surface area contributed by atoms with E-state index in [0.29, 0.717) is 18.8 Å². The van der Waals surface area contributed by atoms with E-state index >= 15 is 0 Å². The van der Waals surface area contributed by atoms with Crippen molar-refractivity contribution in [2.24, 2.45) is 11.7 Å². The molecule has 1 aromatic carbocycles. The molecule has 17 heavy (non-hydrogen) atoms. The first kappa shape index (κ1) is 12.4. The van der Waals surface area contributed by atoms with Crippen molar-refractivity contribution in [1.82, 2.24) is 0 Å². The van der Waals surface area contributed by atoms with Gasteiger partial charge in [-0.1, -0.05) is 13.0 Å². The lowest BCUT2D eigenvalue weighted by Gasteiger charge is -2.36. The maximum Gasteiger partial charge on any atom is 0.194 e. The number of halogens is 3. The Bertz CT molecular complexity index is 423. The summed E-state index contributed by atoms with van der Waals surface area (Å²) in [5, 5.41) is 0. The van der Waals surface area contributed by atoms with Crippen LogP contribution in [0.25, 0.3) is 0 Å². The summed E-state index contributed by atoms with van der Waals surface area (Å²) in [6, 6.07) is 2.21. The third kappa shape index (κ3) is 2.18. The summed E-state index contributed by atoms with van der Waals surface area (Å²) < 4.78 is 39.7. The minimum absolute atomic E-state index is 0.100. The summed E-state index contributed by atoms with van der Waals surface area (Å²) in [5.74, 6) is -3.17. The van der Waals surface area contributed by atoms with Crippen molar-refractivity contribution in [1.29, 1.82) is 0 Å². The van der Waals surface area contributed by atoms with Gasteiger partial charge in [-0.2, -0.15) is 0 Å². The Morgan fingerprint density at radius 2 is 1.71 bits per heavy atom. The number of nitrogens with two attached hydrogens (primary N) is 1. The number of benzene rings is 1. The minimum atomic E-state index is -1.43. The van der Waals surface area contributed by atoms with Crippen LogP contribution in [0, 0.1) is 23.4 Å². The van der Waals surface area contributed by atoms with Gasteiger partial charge in [0.1, 0.15) is 0 Å². The standard InChI is InChI=1S/C13H16F3N/c1-8-4-6-13(17,7-5-8)9-2-3-10(14)12(16)11(9)15/h2-3,8H,4-7,17H2,1H3. The average Bonchev–Trinajstić information content (AvgIpc) is 2.30. The van der Waals surface area contributed by atoms with Crippen LogP contribution >= 0.6 is 0 Å². The van der Waals surface area contributed by atoms with Gasteiger partial charge in [0, 0.05) is 11.1 Å². The Hall–Kier alpha value is -1.03. The molecule has 1 aliphatic rings. The summed E-state index contributed by atoms with van der Waals surface area (Å²) >= 11 is 0. The molecule has 1 saturated carbocycles. The fraction of sp³-hybridized carbons (Fsp3) is 0.538. The highest BCUT2D eigenvalue weighted by Gasteiger charge is 2.35. The maximum absolute atomic E-state index is 13.7. The third-order valence-corrected chi connectivity index (χ3v) is 3.74. The van der Waals surface area contributed by atoms with E-state index in [1.807, 2.05) is 0 Å². The van der Waals surface area contributed by atoms with Crippen molar-refractivity contribution in [2.75, 3.05) is 0 Å². The van der Waals surface area contributed by atoms with Crippen LogP contribution in [-0.2, 0) is 5.54 Å². The minimum Gasteiger partial charge on any atom is -0.321 e. The third-order valence-electron chi connectivity index (χ3n) is 3.74. The van der Waals surface area contributed by atoms with Crippen molar-refractivity contribution in [3.63, 3.8) is 0 Å². The van der Waals surface area contributed by atoms with Crippen LogP contribution in [0.2, 0.25) is 0 Å². The molecule has 0 atom stereocenters. The molecule has 1 aliphatic carbocycles. The average molecular weight is 243 g/mol. The lowest BCUT2D eigenvalue weighted by Crippen LogP contribution is -2.41. The first-order valence-electron chi connectivity index (χ1n) is 5.87. The van der Waals surface area contributed by atoms with E-state index in [0.717, 1.165) is 18.9 Å². The number of rotatable bonds is 1. The van der Waals surface area contributed by atoms with Crippen LogP contribution in [0.15, 0.2) is 12.1 Å². The second kappa shape index (κ2) is 4.33. The highest BCUT2D eigenvalue weighted by molar-refractivity contribution is 5.28. The molecular formula is C13H16F3N. The van der Waals surface area contributed by atoms with Crippen molar-refractivity contribution in [3.8, 4) is 0 Å². The largest absolute Gasteiger partial charge is 0.321 e. The molecule has 0 bridgehead atoms. The Kier molecular flexibility index (Phi) is 3.17. The maximum atomic E-state index is 13.7. The summed E-state index contributed by atoms with van der Waals surface area (Å²) in [6.45, 7) is 2.11. The van der Waals surface area contributed by atoms with Gasteiger partial charge in [-0.15, -0.1) is 0 Å². The van der Waals surface area contributed by atoms with E-state index < -0.39 is 23.0 Å². The molecule has 94 valence electrons. The fourth-order valence-corrected chi connectivity index (χ4v) is 2.46. The summed E-state index contributed by atoms with van der Waals surface area (Å²) in [7, 11) is 0. The van der Waals surface area contributed by atoms with Crippen molar-refractivity contribution in [2.45, 2.75) is 38.1 Å². The highest BCUT2D eigenvalue weighted by atomic mass is 19.2. The van der Waals surface area contributed by atoms with Crippen LogP contribution in [0.5, 0.6) is 0 Å². The topological polar surface area (TPSA) is 26.0 Å². The highest BCUT2D eigenvalue weighted by Crippen LogP contribution is 2.38. The molecule has 0 spiro atoms. The first-order valence-corrected chi connectivity index (χ1v) is 5.87. The molecule has 0 saturated heterocycles. The van der Waals surface area contributed by atoms with Crippen LogP contribution in [0.4, 0.5) is 13.2 Å². The first-order chi connectivity index (χ1) is 7.94. The van der Waals surface area contributed by atoms with Crippen LogP contribution in [0.3, 0.4) is 0 Å². The smallest absolute Gasteiger partial charge is 0.194 e. The molecule has 0 amide bonds. The van der Waals surface area contributed by atoms with Crippen molar-refractivity contribution in [3.05, 3.63) is 35.1 Å². The van der Waals surface area contributed by atoms with Gasteiger partial charge in [0.05, 0.1) is 0 Å². The van der Waals surface area contributed by atoms with Gasteiger partial charge in [-0.25, -0.2) is 13.2 Å². The van der Waals surface area contributed by atoms with Gasteiger partial charge in [-0.05, 0) is 37.7 Å². The molecule has 1 fully saturated rings. The predicted molar refractivity (Wildman–Crippen MR) is 59.8 cm³/mol. The summed E-state index contributed by atoms with van der Waals surface area (Å²) in [4.78, 5) is 0. The summed E-state index contributed by atoms with van der Waals surface area (Å²) in [5.41, 5.74) is 5.38. The van der Waals surface area contributed by atoms with E-state index in [9.17, 15) is 13.2 Å². The van der Waals surface area contributed by atoms with E-state index in [-0.39, 0.29) is 5.56 Å². The van der Waals surface area contributed by atoms with Crippen LogP contribution in [0.1, 0.15) is 38.2 Å². The molecule has 0 aliphatic heterocycles. The SMILES string of the molecule is CC1CCC(N)(c2ccc(F)c(F)c2F)CC1. The molecule has 2 N–H and O–H groups in total. The van der Waals surface area contributed by atoms with E-state index in [1.54, 1.807) is 0 Å². The molecule has 0 heterocycles. The zero-order chi connectivity index (χ0) is 12.6. The van der Waals surface area contributed by atoms with Gasteiger partial charge < -0.3 is 5.73 Å². The Morgan fingerprint density at radius 3 is 2.29 bits per heavy atom. The second-order valence-electron chi connectivity index (χ2n) is 5.06. The van der Waals surface area contributed by atoms with Crippen molar-refractivity contribution < 1.29 is 13.2 Å². The lowest BCUT2D eigenvalue weighted by molar-refractivity contribution is 0.239. The van der Waals surface area contributed by atoms with Crippen LogP contribution in [-0.4, -0.2) is 0 Å². The summed E-state index contributed by atoms with van der Waals surface area (Å²) in [6.07, 6.45) is 2.98. The molecular weight excluding hydrogens is 227 g/mol. The Morgan fingerprint density at radius 1 is 1.12 bits per heavy atom. The van der Waals surface area contributed by atoms with Gasteiger partial charge in [-0.3, -0.25) is 0 Å². The Balaban J connectivity index is 2.37. The second-order valence-corrected chi connectivity index (χ2v) is 5.06. The molecule has 2 rings (SSSR count). The fourth-order valence-electron chi connectivity index (χ4n) is 2.46. The van der Waals surface area contributed by atoms with Crippen LogP contribution < -0.4 is 5.73 Å². The molecule has 0 aromatic heterocycles.